The summed E-state index contributed by atoms with van der Waals surface area (Å²) in [6.07, 6.45) is -0.738. The highest BCUT2D eigenvalue weighted by atomic mass is 17.2. The van der Waals surface area contributed by atoms with Gasteiger partial charge in [-0.15, -0.1) is 0 Å². The van der Waals surface area contributed by atoms with Crippen LogP contribution in [0.3, 0.4) is 0 Å². The maximum atomic E-state index is 11.0. The zero-order valence-electron chi connectivity index (χ0n) is 9.42. The van der Waals surface area contributed by atoms with Crippen molar-refractivity contribution in [1.82, 2.24) is 0 Å². The van der Waals surface area contributed by atoms with Gasteiger partial charge in [0.05, 0.1) is 5.60 Å². The monoisotopic (exact) mass is 202 g/mol. The zero-order chi connectivity index (χ0) is 11.4. The second-order valence-corrected chi connectivity index (χ2v) is 4.05. The third kappa shape index (κ3) is 6.62. The molecule has 0 fully saturated rings. The number of rotatable bonds is 4. The molecule has 0 aromatic carbocycles. The molecule has 0 amide bonds. The van der Waals surface area contributed by atoms with E-state index in [9.17, 15) is 4.79 Å². The Kier molecular flexibility index (Phi) is 4.80. The summed E-state index contributed by atoms with van der Waals surface area (Å²) in [5.41, 5.74) is -0.0969. The number of carbonyl (C=O) groups excluding carboxylic acids is 1. The minimum atomic E-state index is -0.738. The molecule has 0 radical (unpaired) electrons. The Labute approximate surface area is 84.8 Å². The third-order valence-corrected chi connectivity index (χ3v) is 1.06. The van der Waals surface area contributed by atoms with Gasteiger partial charge in [0.15, 0.2) is 0 Å². The fourth-order valence-corrected chi connectivity index (χ4v) is 0.483. The van der Waals surface area contributed by atoms with E-state index in [0.717, 1.165) is 0 Å². The van der Waals surface area contributed by atoms with Crippen LogP contribution in [0.2, 0.25) is 0 Å². The molecule has 0 aliphatic carbocycles. The highest BCUT2D eigenvalue weighted by molar-refractivity contribution is 5.86. The van der Waals surface area contributed by atoms with Crippen LogP contribution in [0.5, 0.6) is 0 Å². The molecule has 0 saturated carbocycles. The van der Waals surface area contributed by atoms with Crippen LogP contribution in [-0.4, -0.2) is 17.9 Å². The molecule has 14 heavy (non-hydrogen) atoms. The number of esters is 1. The zero-order valence-corrected chi connectivity index (χ0v) is 9.42. The molecule has 0 aromatic heterocycles. The molecule has 0 aliphatic rings. The lowest BCUT2D eigenvalue weighted by Gasteiger charge is -2.20. The molecule has 1 atom stereocenters. The maximum Gasteiger partial charge on any atom is 0.335 e. The van der Waals surface area contributed by atoms with E-state index in [-0.39, 0.29) is 0 Å². The molecule has 0 N–H and O–H groups in total. The lowest BCUT2D eigenvalue weighted by atomic mass is 10.2. The van der Waals surface area contributed by atoms with Crippen LogP contribution in [0.15, 0.2) is 12.2 Å². The predicted octanol–water partition coefficient (Wildman–Crippen LogP) is 2.20. The Morgan fingerprint density at radius 2 is 1.86 bits per heavy atom. The van der Waals surface area contributed by atoms with Crippen LogP contribution in [0.25, 0.3) is 0 Å². The summed E-state index contributed by atoms with van der Waals surface area (Å²) >= 11 is 0. The standard InChI is InChI=1S/C10H18O4/c1-7(2)9(11)12-8(3)13-14-10(4,5)6/h8H,1H2,2-6H3. The first-order valence-corrected chi connectivity index (χ1v) is 4.43. The largest absolute Gasteiger partial charge is 0.430 e. The average Bonchev–Trinajstić information content (AvgIpc) is 1.99. The molecule has 0 saturated heterocycles. The van der Waals surface area contributed by atoms with Crippen LogP contribution < -0.4 is 0 Å². The van der Waals surface area contributed by atoms with Crippen LogP contribution in [0.1, 0.15) is 34.6 Å². The second kappa shape index (κ2) is 5.12. The van der Waals surface area contributed by atoms with Crippen LogP contribution >= 0.6 is 0 Å². The average molecular weight is 202 g/mol. The highest BCUT2D eigenvalue weighted by Crippen LogP contribution is 2.10. The summed E-state index contributed by atoms with van der Waals surface area (Å²) < 4.78 is 4.82. The summed E-state index contributed by atoms with van der Waals surface area (Å²) in [6.45, 7) is 12.1. The molecule has 0 spiro atoms. The Morgan fingerprint density at radius 1 is 1.36 bits per heavy atom. The first kappa shape index (κ1) is 13.1. The molecular formula is C10H18O4. The molecule has 0 aliphatic heterocycles. The summed E-state index contributed by atoms with van der Waals surface area (Å²) in [7, 11) is 0. The number of carbonyl (C=O) groups is 1. The first-order valence-electron chi connectivity index (χ1n) is 4.43. The van der Waals surface area contributed by atoms with Crippen LogP contribution in [-0.2, 0) is 19.3 Å². The summed E-state index contributed by atoms with van der Waals surface area (Å²) in [6, 6.07) is 0. The van der Waals surface area contributed by atoms with E-state index in [0.29, 0.717) is 5.57 Å². The van der Waals surface area contributed by atoms with Gasteiger partial charge in [0.1, 0.15) is 0 Å². The van der Waals surface area contributed by atoms with Gasteiger partial charge in [0.25, 0.3) is 0 Å². The molecule has 1 unspecified atom stereocenters. The lowest BCUT2D eigenvalue weighted by molar-refractivity contribution is -0.404. The van der Waals surface area contributed by atoms with Gasteiger partial charge in [0, 0.05) is 12.5 Å². The van der Waals surface area contributed by atoms with Crippen molar-refractivity contribution in [3.05, 3.63) is 12.2 Å². The van der Waals surface area contributed by atoms with Gasteiger partial charge in [-0.3, -0.25) is 0 Å². The summed E-state index contributed by atoms with van der Waals surface area (Å²) in [5.74, 6) is -0.491. The fraction of sp³-hybridized carbons (Fsp3) is 0.700. The Balaban J connectivity index is 3.82. The molecule has 0 aromatic rings. The molecule has 0 heterocycles. The van der Waals surface area contributed by atoms with E-state index in [2.05, 4.69) is 6.58 Å². The molecule has 4 heteroatoms. The Hall–Kier alpha value is -0.870. The summed E-state index contributed by atoms with van der Waals surface area (Å²) in [5, 5.41) is 0. The van der Waals surface area contributed by atoms with E-state index in [1.165, 1.54) is 0 Å². The molecule has 4 nitrogen and oxygen atoms in total. The predicted molar refractivity (Wildman–Crippen MR) is 52.3 cm³/mol. The Morgan fingerprint density at radius 3 is 2.21 bits per heavy atom. The number of hydrogen-bond donors (Lipinski definition) is 0. The number of hydrogen-bond acceptors (Lipinski definition) is 4. The first-order chi connectivity index (χ1) is 6.22. The van der Waals surface area contributed by atoms with Gasteiger partial charge in [-0.05, 0) is 27.7 Å². The topological polar surface area (TPSA) is 44.8 Å². The van der Waals surface area contributed by atoms with Gasteiger partial charge in [0.2, 0.25) is 6.29 Å². The van der Waals surface area contributed by atoms with Gasteiger partial charge < -0.3 is 4.74 Å². The van der Waals surface area contributed by atoms with Crippen molar-refractivity contribution in [2.75, 3.05) is 0 Å². The summed E-state index contributed by atoms with van der Waals surface area (Å²) in [4.78, 5) is 20.8. The normalized spacial score (nSPS) is 13.5. The molecule has 0 rings (SSSR count). The van der Waals surface area contributed by atoms with E-state index < -0.39 is 17.9 Å². The highest BCUT2D eigenvalue weighted by Gasteiger charge is 2.16. The molecule has 82 valence electrons. The van der Waals surface area contributed by atoms with E-state index in [4.69, 9.17) is 14.5 Å². The lowest BCUT2D eigenvalue weighted by Crippen LogP contribution is -2.26. The molecule has 0 bridgehead atoms. The maximum absolute atomic E-state index is 11.0. The van der Waals surface area contributed by atoms with E-state index in [1.54, 1.807) is 13.8 Å². The smallest absolute Gasteiger partial charge is 0.335 e. The quantitative estimate of drug-likeness (QED) is 0.230. The van der Waals surface area contributed by atoms with Crippen molar-refractivity contribution < 1.29 is 19.3 Å². The second-order valence-electron chi connectivity index (χ2n) is 4.05. The fourth-order valence-electron chi connectivity index (χ4n) is 0.483. The van der Waals surface area contributed by atoms with E-state index >= 15 is 0 Å². The van der Waals surface area contributed by atoms with Crippen molar-refractivity contribution in [2.45, 2.75) is 46.5 Å². The SMILES string of the molecule is C=C(C)C(=O)OC(C)OOC(C)(C)C. The van der Waals surface area contributed by atoms with Gasteiger partial charge >= 0.3 is 5.97 Å². The molecular weight excluding hydrogens is 184 g/mol. The third-order valence-electron chi connectivity index (χ3n) is 1.06. The van der Waals surface area contributed by atoms with Crippen molar-refractivity contribution >= 4 is 5.97 Å². The van der Waals surface area contributed by atoms with Crippen LogP contribution in [0.4, 0.5) is 0 Å². The minimum Gasteiger partial charge on any atom is -0.430 e. The van der Waals surface area contributed by atoms with Crippen molar-refractivity contribution in [1.29, 1.82) is 0 Å². The minimum absolute atomic E-state index is 0.330. The van der Waals surface area contributed by atoms with Gasteiger partial charge in [-0.25, -0.2) is 9.68 Å². The van der Waals surface area contributed by atoms with Crippen molar-refractivity contribution in [2.24, 2.45) is 0 Å². The van der Waals surface area contributed by atoms with Crippen LogP contribution in [0, 0.1) is 0 Å². The van der Waals surface area contributed by atoms with Crippen molar-refractivity contribution in [3.8, 4) is 0 Å². The van der Waals surface area contributed by atoms with E-state index in [1.807, 2.05) is 20.8 Å². The van der Waals surface area contributed by atoms with Gasteiger partial charge in [-0.1, -0.05) is 6.58 Å². The van der Waals surface area contributed by atoms with Gasteiger partial charge in [-0.2, -0.15) is 4.89 Å². The Bertz CT molecular complexity index is 215. The van der Waals surface area contributed by atoms with Crippen molar-refractivity contribution in [3.63, 3.8) is 0 Å². The number of ether oxygens (including phenoxy) is 1.